The molecule has 0 atom stereocenters. The molecule has 2 aromatic carbocycles. The molecule has 3 rings (SSSR count). The molecule has 0 spiro atoms. The van der Waals surface area contributed by atoms with E-state index in [9.17, 15) is 4.39 Å². The smallest absolute Gasteiger partial charge is 0.190 e. The Balaban J connectivity index is 1.79. The van der Waals surface area contributed by atoms with Gasteiger partial charge in [-0.1, -0.05) is 48.5 Å². The van der Waals surface area contributed by atoms with Crippen LogP contribution in [0.4, 0.5) is 10.1 Å². The maximum atomic E-state index is 14.0. The molecule has 0 unspecified atom stereocenters. The van der Waals surface area contributed by atoms with Crippen molar-refractivity contribution < 1.29 is 4.39 Å². The van der Waals surface area contributed by atoms with Crippen LogP contribution >= 0.6 is 0 Å². The van der Waals surface area contributed by atoms with E-state index in [1.165, 1.54) is 11.1 Å². The maximum Gasteiger partial charge on any atom is 0.190 e. The van der Waals surface area contributed by atoms with Gasteiger partial charge in [0.2, 0.25) is 0 Å². The van der Waals surface area contributed by atoms with Crippen LogP contribution < -0.4 is 4.90 Å². The second-order valence-electron chi connectivity index (χ2n) is 4.75. The lowest BCUT2D eigenvalue weighted by atomic mass is 10.0. The predicted molar refractivity (Wildman–Crippen MR) is 76.8 cm³/mol. The van der Waals surface area contributed by atoms with Gasteiger partial charge in [0.15, 0.2) is 5.95 Å². The van der Waals surface area contributed by atoms with Crippen molar-refractivity contribution >= 4 is 5.69 Å². The van der Waals surface area contributed by atoms with Gasteiger partial charge >= 0.3 is 0 Å². The number of benzene rings is 2. The lowest BCUT2D eigenvalue weighted by Gasteiger charge is -2.28. The van der Waals surface area contributed by atoms with Crippen LogP contribution in [0.2, 0.25) is 0 Å². The number of rotatable bonds is 3. The van der Waals surface area contributed by atoms with Crippen molar-refractivity contribution in [3.8, 4) is 0 Å². The zero-order valence-corrected chi connectivity index (χ0v) is 10.7. The minimum atomic E-state index is -0.130. The Morgan fingerprint density at radius 3 is 2.53 bits per heavy atom. The van der Waals surface area contributed by atoms with E-state index in [0.29, 0.717) is 13.0 Å². The molecule has 0 fully saturated rings. The Morgan fingerprint density at radius 2 is 1.68 bits per heavy atom. The van der Waals surface area contributed by atoms with E-state index in [4.69, 9.17) is 0 Å². The maximum absolute atomic E-state index is 14.0. The van der Waals surface area contributed by atoms with Gasteiger partial charge in [-0.3, -0.25) is 0 Å². The minimum Gasteiger partial charge on any atom is -0.318 e. The fourth-order valence-electron chi connectivity index (χ4n) is 2.48. The van der Waals surface area contributed by atoms with Crippen LogP contribution in [-0.4, -0.2) is 6.54 Å². The highest BCUT2D eigenvalue weighted by Crippen LogP contribution is 2.30. The largest absolute Gasteiger partial charge is 0.318 e. The van der Waals surface area contributed by atoms with Crippen LogP contribution in [0.15, 0.2) is 66.6 Å². The highest BCUT2D eigenvalue weighted by atomic mass is 19.1. The molecule has 0 aromatic heterocycles. The number of anilines is 1. The molecule has 1 aliphatic rings. The zero-order valence-electron chi connectivity index (χ0n) is 10.7. The van der Waals surface area contributed by atoms with Gasteiger partial charge < -0.3 is 4.90 Å². The predicted octanol–water partition coefficient (Wildman–Crippen LogP) is 4.10. The molecule has 0 saturated carbocycles. The molecule has 2 aromatic rings. The fourth-order valence-corrected chi connectivity index (χ4v) is 2.48. The van der Waals surface area contributed by atoms with Crippen molar-refractivity contribution in [1.82, 2.24) is 0 Å². The third-order valence-electron chi connectivity index (χ3n) is 3.50. The van der Waals surface area contributed by atoms with Gasteiger partial charge in [-0.05, 0) is 36.1 Å². The van der Waals surface area contributed by atoms with Gasteiger partial charge in [-0.15, -0.1) is 0 Å². The van der Waals surface area contributed by atoms with E-state index in [0.717, 1.165) is 12.1 Å². The molecule has 0 radical (unpaired) electrons. The Morgan fingerprint density at radius 1 is 0.947 bits per heavy atom. The first kappa shape index (κ1) is 12.0. The third-order valence-corrected chi connectivity index (χ3v) is 3.50. The van der Waals surface area contributed by atoms with E-state index >= 15 is 0 Å². The summed E-state index contributed by atoms with van der Waals surface area (Å²) >= 11 is 0. The zero-order chi connectivity index (χ0) is 13.1. The molecule has 1 nitrogen and oxygen atoms in total. The van der Waals surface area contributed by atoms with Crippen molar-refractivity contribution in [3.63, 3.8) is 0 Å². The molecule has 1 aliphatic heterocycles. The number of para-hydroxylation sites is 1. The van der Waals surface area contributed by atoms with Crippen molar-refractivity contribution in [2.75, 3.05) is 11.4 Å². The molecule has 0 N–H and O–H groups in total. The van der Waals surface area contributed by atoms with Crippen molar-refractivity contribution in [3.05, 3.63) is 77.8 Å². The summed E-state index contributed by atoms with van der Waals surface area (Å²) in [6.07, 6.45) is 3.19. The Kier molecular flexibility index (Phi) is 3.32. The van der Waals surface area contributed by atoms with Crippen LogP contribution in [-0.2, 0) is 12.8 Å². The summed E-state index contributed by atoms with van der Waals surface area (Å²) in [5, 5.41) is 0. The number of halogens is 1. The van der Waals surface area contributed by atoms with Crippen LogP contribution in [0.1, 0.15) is 11.1 Å². The molecule has 19 heavy (non-hydrogen) atoms. The van der Waals surface area contributed by atoms with E-state index < -0.39 is 0 Å². The van der Waals surface area contributed by atoms with Gasteiger partial charge in [0.25, 0.3) is 0 Å². The van der Waals surface area contributed by atoms with E-state index in [1.807, 2.05) is 36.4 Å². The summed E-state index contributed by atoms with van der Waals surface area (Å²) in [5.74, 6) is -0.130. The molecule has 1 heterocycles. The normalized spacial score (nSPS) is 13.9. The summed E-state index contributed by atoms with van der Waals surface area (Å²) in [6.45, 7) is 0.670. The highest BCUT2D eigenvalue weighted by Gasteiger charge is 2.18. The Bertz CT molecular complexity index is 589. The second-order valence-corrected chi connectivity index (χ2v) is 4.75. The van der Waals surface area contributed by atoms with Gasteiger partial charge in [0, 0.05) is 12.2 Å². The van der Waals surface area contributed by atoms with Crippen LogP contribution in [0, 0.1) is 0 Å². The Hall–Kier alpha value is -2.09. The van der Waals surface area contributed by atoms with Gasteiger partial charge in [0.1, 0.15) is 0 Å². The summed E-state index contributed by atoms with van der Waals surface area (Å²) < 4.78 is 14.0. The SMILES string of the molecule is FC1=CCc2ccccc2N1CCc1ccccc1. The average Bonchev–Trinajstić information content (AvgIpc) is 2.47. The van der Waals surface area contributed by atoms with Gasteiger partial charge in [-0.25, -0.2) is 0 Å². The monoisotopic (exact) mass is 253 g/mol. The summed E-state index contributed by atoms with van der Waals surface area (Å²) in [7, 11) is 0. The third kappa shape index (κ3) is 2.53. The van der Waals surface area contributed by atoms with Crippen molar-refractivity contribution in [2.45, 2.75) is 12.8 Å². The first-order chi connectivity index (χ1) is 9.34. The molecule has 0 amide bonds. The summed E-state index contributed by atoms with van der Waals surface area (Å²) in [4.78, 5) is 1.77. The summed E-state index contributed by atoms with van der Waals surface area (Å²) in [5.41, 5.74) is 3.42. The first-order valence-electron chi connectivity index (χ1n) is 6.59. The topological polar surface area (TPSA) is 3.24 Å². The Labute approximate surface area is 113 Å². The van der Waals surface area contributed by atoms with Crippen LogP contribution in [0.25, 0.3) is 0 Å². The number of hydrogen-bond donors (Lipinski definition) is 0. The summed E-state index contributed by atoms with van der Waals surface area (Å²) in [6, 6.07) is 18.2. The lowest BCUT2D eigenvalue weighted by Crippen LogP contribution is -2.26. The number of allylic oxidation sites excluding steroid dienone is 1. The molecular weight excluding hydrogens is 237 g/mol. The van der Waals surface area contributed by atoms with Gasteiger partial charge in [-0.2, -0.15) is 4.39 Å². The first-order valence-corrected chi connectivity index (χ1v) is 6.59. The molecule has 0 saturated heterocycles. The number of fused-ring (bicyclic) bond motifs is 1. The second kappa shape index (κ2) is 5.27. The molecule has 2 heteroatoms. The molecule has 0 bridgehead atoms. The lowest BCUT2D eigenvalue weighted by molar-refractivity contribution is 0.575. The fraction of sp³-hybridized carbons (Fsp3) is 0.176. The van der Waals surface area contributed by atoms with Crippen molar-refractivity contribution in [1.29, 1.82) is 0 Å². The van der Waals surface area contributed by atoms with E-state index in [2.05, 4.69) is 18.2 Å². The molecular formula is C17H16FN. The van der Waals surface area contributed by atoms with E-state index in [1.54, 1.807) is 11.0 Å². The molecule has 0 aliphatic carbocycles. The van der Waals surface area contributed by atoms with Crippen LogP contribution in [0.3, 0.4) is 0 Å². The molecule has 96 valence electrons. The minimum absolute atomic E-state index is 0.130. The average molecular weight is 253 g/mol. The standard InChI is InChI=1S/C17H16FN/c18-17-11-10-15-8-4-5-9-16(15)19(17)13-12-14-6-2-1-3-7-14/h1-9,11H,10,12-13H2. The number of hydrogen-bond acceptors (Lipinski definition) is 1. The number of nitrogens with zero attached hydrogens (tertiary/aromatic N) is 1. The quantitative estimate of drug-likeness (QED) is 0.744. The van der Waals surface area contributed by atoms with Gasteiger partial charge in [0.05, 0.1) is 0 Å². The van der Waals surface area contributed by atoms with Crippen LogP contribution in [0.5, 0.6) is 0 Å². The van der Waals surface area contributed by atoms with E-state index in [-0.39, 0.29) is 5.95 Å². The van der Waals surface area contributed by atoms with Crippen molar-refractivity contribution in [2.24, 2.45) is 0 Å². The highest BCUT2D eigenvalue weighted by molar-refractivity contribution is 5.60.